The van der Waals surface area contributed by atoms with Crippen molar-refractivity contribution in [2.45, 2.75) is 20.0 Å². The zero-order valence-corrected chi connectivity index (χ0v) is 8.56. The van der Waals surface area contributed by atoms with E-state index in [1.165, 1.54) is 7.11 Å². The fourth-order valence-electron chi connectivity index (χ4n) is 1.47. The second kappa shape index (κ2) is 4.41. The largest absolute Gasteiger partial charge is 0.468 e. The first-order valence-corrected chi connectivity index (χ1v) is 4.53. The van der Waals surface area contributed by atoms with Gasteiger partial charge in [-0.05, 0) is 5.92 Å². The van der Waals surface area contributed by atoms with E-state index < -0.39 is 11.9 Å². The Bertz CT molecular complexity index is 249. The maximum Gasteiger partial charge on any atom is 0.318 e. The number of aliphatic hydroxyl groups is 1. The third-order valence-electron chi connectivity index (χ3n) is 2.25. The van der Waals surface area contributed by atoms with Crippen LogP contribution in [0, 0.1) is 11.8 Å². The molecule has 1 aliphatic rings. The Morgan fingerprint density at radius 3 is 2.79 bits per heavy atom. The van der Waals surface area contributed by atoms with E-state index in [0.29, 0.717) is 5.71 Å². The highest BCUT2D eigenvalue weighted by Crippen LogP contribution is 2.25. The van der Waals surface area contributed by atoms with Gasteiger partial charge in [-0.15, -0.1) is 0 Å². The summed E-state index contributed by atoms with van der Waals surface area (Å²) in [6, 6.07) is 0. The van der Waals surface area contributed by atoms with Crippen molar-refractivity contribution in [3.05, 3.63) is 0 Å². The van der Waals surface area contributed by atoms with Crippen LogP contribution in [0.2, 0.25) is 0 Å². The number of rotatable bonds is 3. The Hall–Kier alpha value is -1.10. The topological polar surface area (TPSA) is 68.1 Å². The summed E-state index contributed by atoms with van der Waals surface area (Å²) in [6.07, 6.45) is -0.329. The van der Waals surface area contributed by atoms with Crippen LogP contribution in [-0.4, -0.2) is 36.6 Å². The van der Waals surface area contributed by atoms with Crippen molar-refractivity contribution in [2.75, 3.05) is 13.7 Å². The van der Waals surface area contributed by atoms with E-state index in [1.54, 1.807) is 0 Å². The van der Waals surface area contributed by atoms with Crippen molar-refractivity contribution in [3.63, 3.8) is 0 Å². The molecule has 0 amide bonds. The van der Waals surface area contributed by atoms with Crippen molar-refractivity contribution in [2.24, 2.45) is 17.0 Å². The van der Waals surface area contributed by atoms with Crippen LogP contribution in [0.3, 0.4) is 0 Å². The minimum absolute atomic E-state index is 0.145. The van der Waals surface area contributed by atoms with E-state index in [4.69, 9.17) is 9.94 Å². The molecule has 0 saturated carbocycles. The molecule has 5 nitrogen and oxygen atoms in total. The molecule has 0 aromatic rings. The van der Waals surface area contributed by atoms with Crippen LogP contribution in [0.4, 0.5) is 0 Å². The number of carbonyl (C=O) groups is 1. The van der Waals surface area contributed by atoms with E-state index in [0.717, 1.165) is 0 Å². The van der Waals surface area contributed by atoms with Crippen molar-refractivity contribution in [3.8, 4) is 0 Å². The molecule has 5 heteroatoms. The van der Waals surface area contributed by atoms with E-state index in [-0.39, 0.29) is 18.6 Å². The lowest BCUT2D eigenvalue weighted by Crippen LogP contribution is -2.36. The van der Waals surface area contributed by atoms with Gasteiger partial charge in [0.2, 0.25) is 0 Å². The summed E-state index contributed by atoms with van der Waals surface area (Å²) in [4.78, 5) is 16.5. The Labute approximate surface area is 82.7 Å². The van der Waals surface area contributed by atoms with Crippen LogP contribution in [0.25, 0.3) is 0 Å². The van der Waals surface area contributed by atoms with Crippen LogP contribution in [0.15, 0.2) is 5.16 Å². The van der Waals surface area contributed by atoms with Crippen LogP contribution >= 0.6 is 0 Å². The lowest BCUT2D eigenvalue weighted by Gasteiger charge is -2.19. The number of ether oxygens (including phenoxy) is 1. The first-order chi connectivity index (χ1) is 6.61. The number of oxime groups is 1. The molecule has 0 bridgehead atoms. The molecule has 2 unspecified atom stereocenters. The molecule has 1 aliphatic heterocycles. The molecule has 1 rings (SSSR count). The Morgan fingerprint density at radius 1 is 1.71 bits per heavy atom. The maximum absolute atomic E-state index is 11.4. The van der Waals surface area contributed by atoms with E-state index in [9.17, 15) is 4.79 Å². The smallest absolute Gasteiger partial charge is 0.318 e. The average molecular weight is 201 g/mol. The van der Waals surface area contributed by atoms with Crippen molar-refractivity contribution in [1.82, 2.24) is 0 Å². The number of nitrogens with zero attached hydrogens (tertiary/aromatic N) is 1. The molecule has 0 saturated heterocycles. The molecule has 0 fully saturated rings. The summed E-state index contributed by atoms with van der Waals surface area (Å²) in [7, 11) is 1.31. The third-order valence-corrected chi connectivity index (χ3v) is 2.25. The van der Waals surface area contributed by atoms with Crippen molar-refractivity contribution >= 4 is 11.7 Å². The van der Waals surface area contributed by atoms with E-state index >= 15 is 0 Å². The summed E-state index contributed by atoms with van der Waals surface area (Å²) in [5.74, 6) is -0.828. The summed E-state index contributed by atoms with van der Waals surface area (Å²) in [6.45, 7) is 3.58. The van der Waals surface area contributed by atoms with Crippen LogP contribution < -0.4 is 0 Å². The van der Waals surface area contributed by atoms with Gasteiger partial charge >= 0.3 is 5.97 Å². The minimum atomic E-state index is -0.565. The Balaban J connectivity index is 2.81. The second-order valence-electron chi connectivity index (χ2n) is 3.56. The lowest BCUT2D eigenvalue weighted by atomic mass is 9.90. The molecule has 0 aromatic carbocycles. The summed E-state index contributed by atoms with van der Waals surface area (Å²) in [5.41, 5.74) is 0.343. The summed E-state index contributed by atoms with van der Waals surface area (Å²) in [5, 5.41) is 12.6. The molecule has 1 heterocycles. The highest BCUT2D eigenvalue weighted by Gasteiger charge is 2.41. The first-order valence-electron chi connectivity index (χ1n) is 4.53. The van der Waals surface area contributed by atoms with Gasteiger partial charge in [-0.2, -0.15) is 0 Å². The highest BCUT2D eigenvalue weighted by molar-refractivity contribution is 6.04. The van der Waals surface area contributed by atoms with E-state index in [2.05, 4.69) is 9.89 Å². The van der Waals surface area contributed by atoms with Gasteiger partial charge in [0.1, 0.15) is 17.7 Å². The molecule has 14 heavy (non-hydrogen) atoms. The quantitative estimate of drug-likeness (QED) is 0.661. The molecule has 0 radical (unpaired) electrons. The fraction of sp³-hybridized carbons (Fsp3) is 0.778. The SMILES string of the molecule is COC(=O)C1C(CO)=NOC1C(C)C. The lowest BCUT2D eigenvalue weighted by molar-refractivity contribution is -0.147. The first kappa shape index (κ1) is 11.0. The number of hydrogen-bond donors (Lipinski definition) is 1. The van der Waals surface area contributed by atoms with Gasteiger partial charge in [-0.3, -0.25) is 4.79 Å². The molecule has 0 aliphatic carbocycles. The number of methoxy groups -OCH3 is 1. The molecular weight excluding hydrogens is 186 g/mol. The molecule has 0 spiro atoms. The number of carbonyl (C=O) groups excluding carboxylic acids is 1. The number of hydrogen-bond acceptors (Lipinski definition) is 5. The molecule has 1 N–H and O–H groups in total. The predicted molar refractivity (Wildman–Crippen MR) is 49.7 cm³/mol. The molecule has 0 aromatic heterocycles. The third kappa shape index (κ3) is 1.87. The number of aliphatic hydroxyl groups excluding tert-OH is 1. The molecular formula is C9H15NO4. The number of esters is 1. The monoisotopic (exact) mass is 201 g/mol. The zero-order chi connectivity index (χ0) is 10.7. The van der Waals surface area contributed by atoms with Crippen LogP contribution in [-0.2, 0) is 14.4 Å². The van der Waals surface area contributed by atoms with Gasteiger partial charge < -0.3 is 14.7 Å². The summed E-state index contributed by atoms with van der Waals surface area (Å²) < 4.78 is 4.64. The predicted octanol–water partition coefficient (Wildman–Crippen LogP) is 0.179. The second-order valence-corrected chi connectivity index (χ2v) is 3.56. The van der Waals surface area contributed by atoms with Gasteiger partial charge in [-0.25, -0.2) is 0 Å². The average Bonchev–Trinajstić information content (AvgIpc) is 2.59. The Kier molecular flexibility index (Phi) is 3.46. The minimum Gasteiger partial charge on any atom is -0.468 e. The van der Waals surface area contributed by atoms with Gasteiger partial charge in [0.25, 0.3) is 0 Å². The normalized spacial score (nSPS) is 25.9. The van der Waals surface area contributed by atoms with Crippen LogP contribution in [0.5, 0.6) is 0 Å². The van der Waals surface area contributed by atoms with Gasteiger partial charge in [-0.1, -0.05) is 19.0 Å². The van der Waals surface area contributed by atoms with Gasteiger partial charge in [0, 0.05) is 0 Å². The van der Waals surface area contributed by atoms with E-state index in [1.807, 2.05) is 13.8 Å². The van der Waals surface area contributed by atoms with Crippen LogP contribution in [0.1, 0.15) is 13.8 Å². The Morgan fingerprint density at radius 2 is 2.36 bits per heavy atom. The summed E-state index contributed by atoms with van der Waals surface area (Å²) >= 11 is 0. The zero-order valence-electron chi connectivity index (χ0n) is 8.56. The van der Waals surface area contributed by atoms with Crippen molar-refractivity contribution in [1.29, 1.82) is 0 Å². The fourth-order valence-corrected chi connectivity index (χ4v) is 1.47. The van der Waals surface area contributed by atoms with Crippen molar-refractivity contribution < 1.29 is 19.5 Å². The van der Waals surface area contributed by atoms with Gasteiger partial charge in [0.15, 0.2) is 0 Å². The highest BCUT2D eigenvalue weighted by atomic mass is 16.6. The standard InChI is InChI=1S/C9H15NO4/c1-5(2)8-7(9(12)13-3)6(4-11)10-14-8/h5,7-8,11H,4H2,1-3H3. The molecule has 80 valence electrons. The van der Waals surface area contributed by atoms with Gasteiger partial charge in [0.05, 0.1) is 13.7 Å². The maximum atomic E-state index is 11.4. The molecule has 2 atom stereocenters.